The largest absolute Gasteiger partial charge is 0.438 e. The van der Waals surface area contributed by atoms with Crippen LogP contribution in [0.25, 0.3) is 0 Å². The highest BCUT2D eigenvalue weighted by Gasteiger charge is 2.92. The summed E-state index contributed by atoms with van der Waals surface area (Å²) in [6.45, 7) is 0. The molecule has 0 heterocycles. The van der Waals surface area contributed by atoms with E-state index in [0.29, 0.717) is 0 Å². The van der Waals surface area contributed by atoms with E-state index in [9.17, 15) is 87.4 Å². The zero-order valence-corrected chi connectivity index (χ0v) is 14.4. The Labute approximate surface area is 162 Å². The molecular formula is C10H2F18O3S. The van der Waals surface area contributed by atoms with Crippen molar-refractivity contribution in [3.63, 3.8) is 0 Å². The van der Waals surface area contributed by atoms with Crippen LogP contribution >= 0.6 is 0 Å². The van der Waals surface area contributed by atoms with Crippen LogP contribution in [0.5, 0.6) is 0 Å². The Morgan fingerprint density at radius 2 is 0.938 bits per heavy atom. The average Bonchev–Trinajstić information content (AvgIpc) is 2.56. The summed E-state index contributed by atoms with van der Waals surface area (Å²) in [5, 5.41) is -7.82. The van der Waals surface area contributed by atoms with Crippen molar-refractivity contribution < 1.29 is 92.0 Å². The van der Waals surface area contributed by atoms with E-state index < -0.39 is 69.0 Å². The minimum absolute atomic E-state index is 4.67. The van der Waals surface area contributed by atoms with Crippen LogP contribution in [0.3, 0.4) is 0 Å². The molecule has 0 aromatic heterocycles. The molecule has 0 aliphatic carbocycles. The van der Waals surface area contributed by atoms with Gasteiger partial charge in [-0.2, -0.15) is 74.3 Å². The molecule has 0 spiro atoms. The second-order valence-electron chi connectivity index (χ2n) is 5.43. The lowest BCUT2D eigenvalue weighted by molar-refractivity contribution is -0.414. The number of hydrogen-bond acceptors (Lipinski definition) is 2. The molecule has 32 heavy (non-hydrogen) atoms. The van der Waals surface area contributed by atoms with Crippen molar-refractivity contribution >= 4 is 10.1 Å². The molecule has 0 aliphatic rings. The van der Waals surface area contributed by atoms with Gasteiger partial charge in [0, 0.05) is 0 Å². The maximum atomic E-state index is 13.3. The molecule has 0 aromatic rings. The third kappa shape index (κ3) is 4.06. The van der Waals surface area contributed by atoms with Crippen LogP contribution in [0.2, 0.25) is 0 Å². The van der Waals surface area contributed by atoms with Gasteiger partial charge in [0.1, 0.15) is 0 Å². The summed E-state index contributed by atoms with van der Waals surface area (Å²) in [5.74, 6) is -52.4. The number of hydrogen-bond donors (Lipinski definition) is 1. The van der Waals surface area contributed by atoms with Crippen LogP contribution in [-0.2, 0) is 10.1 Å². The summed E-state index contributed by atoms with van der Waals surface area (Å²) in [5.41, 5.74) is 0. The molecule has 0 saturated heterocycles. The quantitative estimate of drug-likeness (QED) is 0.316. The van der Waals surface area contributed by atoms with Crippen LogP contribution in [0.4, 0.5) is 79.0 Å². The summed E-state index contributed by atoms with van der Waals surface area (Å²) in [7, 11) is -7.89. The van der Waals surface area contributed by atoms with E-state index in [-0.39, 0.29) is 0 Å². The van der Waals surface area contributed by atoms with Crippen LogP contribution < -0.4 is 0 Å². The highest BCUT2D eigenvalue weighted by atomic mass is 32.2. The first-order valence-corrected chi connectivity index (χ1v) is 7.92. The van der Waals surface area contributed by atoms with Gasteiger partial charge in [-0.05, 0) is 0 Å². The topological polar surface area (TPSA) is 54.4 Å². The molecule has 22 heteroatoms. The third-order valence-corrected chi connectivity index (χ3v) is 4.17. The minimum Gasteiger partial charge on any atom is -0.281 e. The van der Waals surface area contributed by atoms with Crippen LogP contribution in [-0.4, -0.2) is 60.2 Å². The molecule has 1 N–H and O–H groups in total. The fraction of sp³-hybridized carbons (Fsp3) is 0.800. The first-order valence-electron chi connectivity index (χ1n) is 6.48. The molecule has 0 aromatic carbocycles. The smallest absolute Gasteiger partial charge is 0.281 e. The van der Waals surface area contributed by atoms with Crippen molar-refractivity contribution in [1.82, 2.24) is 0 Å². The van der Waals surface area contributed by atoms with Gasteiger partial charge in [0.2, 0.25) is 12.0 Å². The Balaban J connectivity index is 6.92. The van der Waals surface area contributed by atoms with Crippen LogP contribution in [0.1, 0.15) is 0 Å². The molecule has 0 fully saturated rings. The Morgan fingerprint density at radius 1 is 0.625 bits per heavy atom. The van der Waals surface area contributed by atoms with Crippen molar-refractivity contribution in [2.24, 2.45) is 0 Å². The maximum Gasteiger partial charge on any atom is 0.438 e. The van der Waals surface area contributed by atoms with Crippen LogP contribution in [0, 0.1) is 0 Å². The van der Waals surface area contributed by atoms with Gasteiger partial charge in [-0.15, -0.1) is 0 Å². The SMILES string of the molecule is O=S(=O)(O)C(F)(F)C(F)(F)C(F)(F)C(F)(F)C(F)(F)C(F)(F)C(F)=C(F)C(F)C(F)(F)F. The Kier molecular flexibility index (Phi) is 7.33. The van der Waals surface area contributed by atoms with Gasteiger partial charge in [-0.25, -0.2) is 13.2 Å². The van der Waals surface area contributed by atoms with Crippen LogP contribution in [0.15, 0.2) is 11.7 Å². The molecule has 0 saturated carbocycles. The third-order valence-electron chi connectivity index (χ3n) is 3.26. The fourth-order valence-electron chi connectivity index (χ4n) is 1.48. The zero-order chi connectivity index (χ0) is 26.7. The normalized spacial score (nSPS) is 17.8. The van der Waals surface area contributed by atoms with Gasteiger partial charge in [0.15, 0.2) is 5.83 Å². The lowest BCUT2D eigenvalue weighted by Crippen LogP contribution is -2.71. The summed E-state index contributed by atoms with van der Waals surface area (Å²) < 4.78 is 259. The molecule has 3 nitrogen and oxygen atoms in total. The first-order chi connectivity index (χ1) is 13.5. The number of allylic oxidation sites excluding steroid dienone is 2. The number of alkyl halides is 16. The molecule has 0 rings (SSSR count). The van der Waals surface area contributed by atoms with Gasteiger partial charge >= 0.3 is 51.2 Å². The van der Waals surface area contributed by atoms with E-state index in [1.54, 1.807) is 0 Å². The van der Waals surface area contributed by atoms with E-state index in [2.05, 4.69) is 0 Å². The van der Waals surface area contributed by atoms with Gasteiger partial charge in [-0.3, -0.25) is 4.55 Å². The van der Waals surface area contributed by atoms with E-state index in [1.807, 2.05) is 0 Å². The molecule has 0 aliphatic heterocycles. The highest BCUT2D eigenvalue weighted by Crippen LogP contribution is 2.62. The fourth-order valence-corrected chi connectivity index (χ4v) is 1.93. The molecule has 192 valence electrons. The first kappa shape index (κ1) is 30.4. The monoisotopic (exact) mass is 544 g/mol. The minimum atomic E-state index is -8.75. The number of rotatable bonds is 8. The van der Waals surface area contributed by atoms with Crippen molar-refractivity contribution in [3.8, 4) is 0 Å². The second-order valence-corrected chi connectivity index (χ2v) is 6.89. The van der Waals surface area contributed by atoms with Crippen molar-refractivity contribution in [1.29, 1.82) is 0 Å². The lowest BCUT2D eigenvalue weighted by Gasteiger charge is -2.40. The van der Waals surface area contributed by atoms with Gasteiger partial charge in [-0.1, -0.05) is 0 Å². The summed E-state index contributed by atoms with van der Waals surface area (Å²) in [6, 6.07) is 0. The molecule has 0 amide bonds. The highest BCUT2D eigenvalue weighted by molar-refractivity contribution is 7.87. The molecule has 1 atom stereocenters. The summed E-state index contributed by atoms with van der Waals surface area (Å²) in [4.78, 5) is 0. The summed E-state index contributed by atoms with van der Waals surface area (Å²) >= 11 is 0. The van der Waals surface area contributed by atoms with E-state index >= 15 is 0 Å². The average molecular weight is 544 g/mol. The summed E-state index contributed by atoms with van der Waals surface area (Å²) in [6.07, 6.45) is -12.3. The molecule has 1 unspecified atom stereocenters. The van der Waals surface area contributed by atoms with Crippen molar-refractivity contribution in [2.45, 2.75) is 47.2 Å². The maximum absolute atomic E-state index is 13.3. The standard InChI is InChI=1S/C10H2F18O3S/c11-1(3(13)5(16,17)18)2(12)4(14,15)6(19,20)7(21,22)8(23,24)9(25,26)10(27,28)32(29,30)31/h3H,(H,29,30,31). The van der Waals surface area contributed by atoms with E-state index in [1.165, 1.54) is 0 Å². The molecular weight excluding hydrogens is 542 g/mol. The second kappa shape index (κ2) is 7.72. The van der Waals surface area contributed by atoms with Gasteiger partial charge < -0.3 is 0 Å². The van der Waals surface area contributed by atoms with Gasteiger partial charge in [0.25, 0.3) is 0 Å². The Bertz CT molecular complexity index is 853. The van der Waals surface area contributed by atoms with E-state index in [0.717, 1.165) is 0 Å². The lowest BCUT2D eigenvalue weighted by atomic mass is 9.93. The molecule has 0 bridgehead atoms. The van der Waals surface area contributed by atoms with Gasteiger partial charge in [0.05, 0.1) is 0 Å². The van der Waals surface area contributed by atoms with Crippen molar-refractivity contribution in [2.75, 3.05) is 0 Å². The van der Waals surface area contributed by atoms with Crippen molar-refractivity contribution in [3.05, 3.63) is 11.7 Å². The predicted octanol–water partition coefficient (Wildman–Crippen LogP) is 5.69. The predicted molar refractivity (Wildman–Crippen MR) is 61.4 cm³/mol. The number of halogens is 18. The zero-order valence-electron chi connectivity index (χ0n) is 13.6. The Morgan fingerprint density at radius 3 is 1.22 bits per heavy atom. The molecule has 0 radical (unpaired) electrons. The Hall–Kier alpha value is -1.61. The van der Waals surface area contributed by atoms with E-state index in [4.69, 9.17) is 4.55 Å².